The fraction of sp³-hybridized carbons (Fsp3) is 0.538. The van der Waals surface area contributed by atoms with E-state index in [0.717, 1.165) is 56.0 Å². The molecule has 0 radical (unpaired) electrons. The molecule has 6 nitrogen and oxygen atoms in total. The fourth-order valence-corrected chi connectivity index (χ4v) is 4.12. The Labute approximate surface area is 192 Å². The molecule has 1 aliphatic rings. The summed E-state index contributed by atoms with van der Waals surface area (Å²) in [7, 11) is 3.76. The van der Waals surface area contributed by atoms with Gasteiger partial charge in [-0.1, -0.05) is 31.2 Å². The van der Waals surface area contributed by atoms with E-state index in [9.17, 15) is 10.2 Å². The van der Waals surface area contributed by atoms with Crippen molar-refractivity contribution in [3.05, 3.63) is 59.2 Å². The molecule has 0 aromatic heterocycles. The lowest BCUT2D eigenvalue weighted by Crippen LogP contribution is -2.41. The second-order valence-electron chi connectivity index (χ2n) is 8.81. The van der Waals surface area contributed by atoms with Gasteiger partial charge in [0, 0.05) is 38.3 Å². The molecule has 3 rings (SSSR count). The van der Waals surface area contributed by atoms with Crippen LogP contribution in [0.5, 0.6) is 11.5 Å². The van der Waals surface area contributed by atoms with Crippen LogP contribution in [0.3, 0.4) is 0 Å². The summed E-state index contributed by atoms with van der Waals surface area (Å²) >= 11 is 0. The highest BCUT2D eigenvalue weighted by atomic mass is 16.5. The first-order chi connectivity index (χ1) is 15.5. The van der Waals surface area contributed by atoms with E-state index in [4.69, 9.17) is 9.47 Å². The van der Waals surface area contributed by atoms with Gasteiger partial charge >= 0.3 is 0 Å². The highest BCUT2D eigenvalue weighted by molar-refractivity contribution is 5.40. The molecule has 32 heavy (non-hydrogen) atoms. The first-order valence-electron chi connectivity index (χ1n) is 11.6. The summed E-state index contributed by atoms with van der Waals surface area (Å²) in [5, 5.41) is 20.1. The number of aryl methyl sites for hydroxylation is 1. The molecule has 2 N–H and O–H groups in total. The Balaban J connectivity index is 1.57. The smallest absolute Gasteiger partial charge is 0.124 e. The summed E-state index contributed by atoms with van der Waals surface area (Å²) in [5.41, 5.74) is 3.65. The molecular weight excluding hydrogens is 404 g/mol. The third-order valence-electron chi connectivity index (χ3n) is 6.05. The topological polar surface area (TPSA) is 65.4 Å². The molecule has 6 heteroatoms. The van der Waals surface area contributed by atoms with Gasteiger partial charge in [-0.3, -0.25) is 4.90 Å². The molecule has 0 spiro atoms. The number of hydrogen-bond acceptors (Lipinski definition) is 6. The van der Waals surface area contributed by atoms with Crippen molar-refractivity contribution >= 4 is 0 Å². The van der Waals surface area contributed by atoms with E-state index < -0.39 is 6.10 Å². The predicted molar refractivity (Wildman–Crippen MR) is 127 cm³/mol. The Morgan fingerprint density at radius 3 is 2.41 bits per heavy atom. The molecule has 2 aromatic rings. The summed E-state index contributed by atoms with van der Waals surface area (Å²) in [6.07, 6.45) is 1.80. The Bertz CT molecular complexity index is 819. The number of aliphatic hydroxyl groups excluding tert-OH is 2. The van der Waals surface area contributed by atoms with Crippen LogP contribution in [0.15, 0.2) is 42.5 Å². The Morgan fingerprint density at radius 2 is 1.75 bits per heavy atom. The number of likely N-dealkylation sites (tertiary alicyclic amines) is 1. The van der Waals surface area contributed by atoms with Crippen molar-refractivity contribution in [1.82, 2.24) is 9.80 Å². The van der Waals surface area contributed by atoms with Gasteiger partial charge in [0.1, 0.15) is 24.2 Å². The zero-order chi connectivity index (χ0) is 22.9. The molecular formula is C26H38N2O4. The van der Waals surface area contributed by atoms with Gasteiger partial charge < -0.3 is 24.6 Å². The van der Waals surface area contributed by atoms with Gasteiger partial charge in [0.2, 0.25) is 0 Å². The highest BCUT2D eigenvalue weighted by Crippen LogP contribution is 2.26. The van der Waals surface area contributed by atoms with E-state index in [0.29, 0.717) is 13.1 Å². The summed E-state index contributed by atoms with van der Waals surface area (Å²) in [4.78, 5) is 4.44. The van der Waals surface area contributed by atoms with E-state index in [1.54, 1.807) is 7.11 Å². The average molecular weight is 443 g/mol. The quantitative estimate of drug-likeness (QED) is 0.558. The number of rotatable bonds is 11. The van der Waals surface area contributed by atoms with Crippen molar-refractivity contribution in [3.8, 4) is 11.5 Å². The largest absolute Gasteiger partial charge is 0.497 e. The fourth-order valence-electron chi connectivity index (χ4n) is 4.12. The zero-order valence-electron chi connectivity index (χ0n) is 19.7. The van der Waals surface area contributed by atoms with Gasteiger partial charge in [-0.05, 0) is 55.6 Å². The van der Waals surface area contributed by atoms with Crippen LogP contribution < -0.4 is 9.47 Å². The number of hydrogen-bond donors (Lipinski definition) is 2. The summed E-state index contributed by atoms with van der Waals surface area (Å²) in [6.45, 7) is 6.14. The van der Waals surface area contributed by atoms with Crippen LogP contribution in [0.1, 0.15) is 36.5 Å². The third-order valence-corrected chi connectivity index (χ3v) is 6.05. The number of benzene rings is 2. The lowest BCUT2D eigenvalue weighted by Gasteiger charge is -2.31. The Kier molecular flexibility index (Phi) is 9.36. The maximum Gasteiger partial charge on any atom is 0.124 e. The van der Waals surface area contributed by atoms with Gasteiger partial charge in [0.05, 0.1) is 13.2 Å². The van der Waals surface area contributed by atoms with Crippen LogP contribution in [-0.4, -0.2) is 72.6 Å². The minimum absolute atomic E-state index is 0.205. The van der Waals surface area contributed by atoms with Crippen LogP contribution in [0, 0.1) is 0 Å². The first kappa shape index (κ1) is 24.5. The second-order valence-corrected chi connectivity index (χ2v) is 8.81. The summed E-state index contributed by atoms with van der Waals surface area (Å²) < 4.78 is 11.5. The maximum atomic E-state index is 10.5. The van der Waals surface area contributed by atoms with E-state index >= 15 is 0 Å². The van der Waals surface area contributed by atoms with Crippen molar-refractivity contribution in [2.45, 2.75) is 51.5 Å². The van der Waals surface area contributed by atoms with Gasteiger partial charge in [-0.2, -0.15) is 0 Å². The maximum absolute atomic E-state index is 10.5. The molecule has 1 aliphatic heterocycles. The molecule has 1 fully saturated rings. The normalized spacial score (nSPS) is 16.3. The van der Waals surface area contributed by atoms with Crippen LogP contribution in [-0.2, 0) is 19.5 Å². The molecule has 0 bridgehead atoms. The Hall–Kier alpha value is -2.12. The predicted octanol–water partition coefficient (Wildman–Crippen LogP) is 3.09. The average Bonchev–Trinajstić information content (AvgIpc) is 2.80. The number of methoxy groups -OCH3 is 1. The van der Waals surface area contributed by atoms with Crippen LogP contribution in [0.25, 0.3) is 0 Å². The monoisotopic (exact) mass is 442 g/mol. The van der Waals surface area contributed by atoms with Crippen molar-refractivity contribution in [1.29, 1.82) is 0 Å². The summed E-state index contributed by atoms with van der Waals surface area (Å²) in [6, 6.07) is 14.6. The highest BCUT2D eigenvalue weighted by Gasteiger charge is 2.20. The lowest BCUT2D eigenvalue weighted by molar-refractivity contribution is 0.0335. The molecule has 176 valence electrons. The number of aliphatic hydroxyl groups is 2. The minimum atomic E-state index is -0.574. The zero-order valence-corrected chi connectivity index (χ0v) is 19.7. The molecule has 1 saturated heterocycles. The lowest BCUT2D eigenvalue weighted by atomic mass is 10.1. The van der Waals surface area contributed by atoms with Gasteiger partial charge in [0.15, 0.2) is 0 Å². The van der Waals surface area contributed by atoms with E-state index in [1.807, 2.05) is 18.2 Å². The number of ether oxygens (including phenoxy) is 2. The van der Waals surface area contributed by atoms with Crippen molar-refractivity contribution in [2.24, 2.45) is 0 Å². The first-order valence-corrected chi connectivity index (χ1v) is 11.6. The van der Waals surface area contributed by atoms with Crippen LogP contribution in [0.4, 0.5) is 0 Å². The van der Waals surface area contributed by atoms with Gasteiger partial charge in [-0.15, -0.1) is 0 Å². The van der Waals surface area contributed by atoms with Crippen LogP contribution in [0.2, 0.25) is 0 Å². The number of piperidine rings is 1. The molecule has 1 heterocycles. The molecule has 0 aliphatic carbocycles. The van der Waals surface area contributed by atoms with Crippen LogP contribution >= 0.6 is 0 Å². The number of β-amino-alcohol motifs (C(OH)–C–C–N with tert-alkyl or cyclic N) is 1. The standard InChI is InChI=1S/C26H38N2O4/c1-4-20-5-7-21(8-6-20)16-27(2)17-22-15-25(31-3)9-10-26(22)32-19-24(30)18-28-13-11-23(29)12-14-28/h5-10,15,23-24,29-30H,4,11-14,16-19H2,1-3H3/t24-/m0/s1. The molecule has 0 amide bonds. The summed E-state index contributed by atoms with van der Waals surface area (Å²) in [5.74, 6) is 1.56. The van der Waals surface area contributed by atoms with Gasteiger partial charge in [0.25, 0.3) is 0 Å². The molecule has 2 aromatic carbocycles. The van der Waals surface area contributed by atoms with Crippen molar-refractivity contribution in [3.63, 3.8) is 0 Å². The van der Waals surface area contributed by atoms with E-state index in [2.05, 4.69) is 48.0 Å². The van der Waals surface area contributed by atoms with Crippen molar-refractivity contribution in [2.75, 3.05) is 40.4 Å². The van der Waals surface area contributed by atoms with Gasteiger partial charge in [-0.25, -0.2) is 0 Å². The Morgan fingerprint density at radius 1 is 1.06 bits per heavy atom. The SMILES string of the molecule is CCc1ccc(CN(C)Cc2cc(OC)ccc2OC[C@@H](O)CN2CCC(O)CC2)cc1. The van der Waals surface area contributed by atoms with E-state index in [-0.39, 0.29) is 12.7 Å². The third kappa shape index (κ3) is 7.48. The second kappa shape index (κ2) is 12.2. The van der Waals surface area contributed by atoms with E-state index in [1.165, 1.54) is 11.1 Å². The molecule has 0 saturated carbocycles. The molecule has 0 unspecified atom stereocenters. The molecule has 1 atom stereocenters. The minimum Gasteiger partial charge on any atom is -0.497 e. The number of nitrogens with zero attached hydrogens (tertiary/aromatic N) is 2. The van der Waals surface area contributed by atoms with Crippen molar-refractivity contribution < 1.29 is 19.7 Å².